The molecule has 0 bridgehead atoms. The SMILES string of the molecule is CCN1CCN(Cc2cc(C(=O)N(C)C[C@@H]3CCCCO3)no2)CC1. The van der Waals surface area contributed by atoms with Gasteiger partial charge in [-0.05, 0) is 25.8 Å². The van der Waals surface area contributed by atoms with E-state index in [1.54, 1.807) is 18.0 Å². The Morgan fingerprint density at radius 2 is 2.04 bits per heavy atom. The van der Waals surface area contributed by atoms with Crippen LogP contribution >= 0.6 is 0 Å². The van der Waals surface area contributed by atoms with Crippen LogP contribution in [-0.4, -0.2) is 84.8 Å². The highest BCUT2D eigenvalue weighted by molar-refractivity contribution is 5.92. The molecule has 3 heterocycles. The van der Waals surface area contributed by atoms with Crippen LogP contribution in [0.25, 0.3) is 0 Å². The van der Waals surface area contributed by atoms with Crippen molar-refractivity contribution in [2.75, 3.05) is 52.9 Å². The summed E-state index contributed by atoms with van der Waals surface area (Å²) in [6.45, 7) is 9.64. The molecule has 0 spiro atoms. The van der Waals surface area contributed by atoms with E-state index in [1.165, 1.54) is 6.42 Å². The fourth-order valence-corrected chi connectivity index (χ4v) is 3.51. The standard InChI is InChI=1S/C18H30N4O3/c1-3-21-7-9-22(10-8-21)14-16-12-17(19-25-16)18(23)20(2)13-15-6-4-5-11-24-15/h12,15H,3-11,13-14H2,1-2H3/t15-/m0/s1. The van der Waals surface area contributed by atoms with Crippen LogP contribution in [0.5, 0.6) is 0 Å². The van der Waals surface area contributed by atoms with Gasteiger partial charge in [0, 0.05) is 52.4 Å². The van der Waals surface area contributed by atoms with Gasteiger partial charge in [0.25, 0.3) is 5.91 Å². The number of hydrogen-bond donors (Lipinski definition) is 0. The summed E-state index contributed by atoms with van der Waals surface area (Å²) >= 11 is 0. The molecule has 1 aromatic rings. The van der Waals surface area contributed by atoms with Crippen LogP contribution in [0.1, 0.15) is 42.4 Å². The molecule has 7 nitrogen and oxygen atoms in total. The van der Waals surface area contributed by atoms with Crippen LogP contribution in [0.3, 0.4) is 0 Å². The Hall–Kier alpha value is -1.44. The van der Waals surface area contributed by atoms with Crippen molar-refractivity contribution in [1.82, 2.24) is 19.9 Å². The van der Waals surface area contributed by atoms with E-state index in [2.05, 4.69) is 21.9 Å². The van der Waals surface area contributed by atoms with Gasteiger partial charge in [-0.1, -0.05) is 12.1 Å². The van der Waals surface area contributed by atoms with Gasteiger partial charge in [0.2, 0.25) is 0 Å². The Bertz CT molecular complexity index is 548. The molecule has 1 atom stereocenters. The number of rotatable bonds is 6. The number of carbonyl (C=O) groups is 1. The zero-order valence-electron chi connectivity index (χ0n) is 15.4. The maximum atomic E-state index is 12.5. The number of amides is 1. The average molecular weight is 350 g/mol. The maximum absolute atomic E-state index is 12.5. The zero-order valence-corrected chi connectivity index (χ0v) is 15.4. The van der Waals surface area contributed by atoms with E-state index in [9.17, 15) is 4.79 Å². The molecular weight excluding hydrogens is 320 g/mol. The Morgan fingerprint density at radius 3 is 2.72 bits per heavy atom. The number of carbonyl (C=O) groups excluding carboxylic acids is 1. The zero-order chi connectivity index (χ0) is 17.6. The van der Waals surface area contributed by atoms with Crippen molar-refractivity contribution in [1.29, 1.82) is 0 Å². The van der Waals surface area contributed by atoms with Crippen LogP contribution in [-0.2, 0) is 11.3 Å². The van der Waals surface area contributed by atoms with Crippen molar-refractivity contribution in [3.8, 4) is 0 Å². The highest BCUT2D eigenvalue weighted by Crippen LogP contribution is 2.15. The van der Waals surface area contributed by atoms with Gasteiger partial charge in [-0.2, -0.15) is 0 Å². The summed E-state index contributed by atoms with van der Waals surface area (Å²) in [7, 11) is 1.80. The number of nitrogens with zero attached hydrogens (tertiary/aromatic N) is 4. The molecule has 2 saturated heterocycles. The molecule has 2 aliphatic rings. The molecule has 0 aliphatic carbocycles. The summed E-state index contributed by atoms with van der Waals surface area (Å²) in [5, 5.41) is 3.98. The van der Waals surface area contributed by atoms with Gasteiger partial charge in [0.1, 0.15) is 0 Å². The Morgan fingerprint density at radius 1 is 1.28 bits per heavy atom. The fourth-order valence-electron chi connectivity index (χ4n) is 3.51. The van der Waals surface area contributed by atoms with Crippen molar-refractivity contribution >= 4 is 5.91 Å². The summed E-state index contributed by atoms with van der Waals surface area (Å²) in [4.78, 5) is 19.0. The summed E-state index contributed by atoms with van der Waals surface area (Å²) in [6, 6.07) is 1.78. The van der Waals surface area contributed by atoms with E-state index >= 15 is 0 Å². The van der Waals surface area contributed by atoms with E-state index in [0.717, 1.165) is 57.9 Å². The first-order valence-corrected chi connectivity index (χ1v) is 9.43. The quantitative estimate of drug-likeness (QED) is 0.774. The highest BCUT2D eigenvalue weighted by Gasteiger charge is 2.23. The third-order valence-corrected chi connectivity index (χ3v) is 5.17. The highest BCUT2D eigenvalue weighted by atomic mass is 16.5. The normalized spacial score (nSPS) is 22.9. The van der Waals surface area contributed by atoms with Gasteiger partial charge in [-0.15, -0.1) is 0 Å². The second kappa shape index (κ2) is 8.78. The van der Waals surface area contributed by atoms with Gasteiger partial charge in [0.15, 0.2) is 11.5 Å². The Balaban J connectivity index is 1.49. The van der Waals surface area contributed by atoms with E-state index in [-0.39, 0.29) is 12.0 Å². The molecule has 2 fully saturated rings. The number of ether oxygens (including phenoxy) is 1. The summed E-state index contributed by atoms with van der Waals surface area (Å²) in [5.41, 5.74) is 0.389. The molecule has 7 heteroatoms. The number of hydrogen-bond acceptors (Lipinski definition) is 6. The lowest BCUT2D eigenvalue weighted by molar-refractivity contribution is -0.000360. The van der Waals surface area contributed by atoms with Crippen molar-refractivity contribution in [3.05, 3.63) is 17.5 Å². The van der Waals surface area contributed by atoms with Crippen LogP contribution in [0.2, 0.25) is 0 Å². The minimum atomic E-state index is -0.0972. The molecule has 0 N–H and O–H groups in total. The van der Waals surface area contributed by atoms with Gasteiger partial charge in [0.05, 0.1) is 12.6 Å². The topological polar surface area (TPSA) is 62.0 Å². The fraction of sp³-hybridized carbons (Fsp3) is 0.778. The van der Waals surface area contributed by atoms with Crippen LogP contribution < -0.4 is 0 Å². The van der Waals surface area contributed by atoms with Gasteiger partial charge >= 0.3 is 0 Å². The smallest absolute Gasteiger partial charge is 0.275 e. The molecule has 0 saturated carbocycles. The molecule has 0 aromatic carbocycles. The molecule has 2 aliphatic heterocycles. The minimum Gasteiger partial charge on any atom is -0.376 e. The molecule has 25 heavy (non-hydrogen) atoms. The molecule has 1 amide bonds. The monoisotopic (exact) mass is 350 g/mol. The van der Waals surface area contributed by atoms with Crippen LogP contribution in [0.4, 0.5) is 0 Å². The van der Waals surface area contributed by atoms with Crippen molar-refractivity contribution < 1.29 is 14.1 Å². The van der Waals surface area contributed by atoms with Crippen molar-refractivity contribution in [2.45, 2.75) is 38.8 Å². The second-order valence-corrected chi connectivity index (χ2v) is 7.06. The molecular formula is C18H30N4O3. The molecule has 1 aromatic heterocycles. The third-order valence-electron chi connectivity index (χ3n) is 5.17. The first-order valence-electron chi connectivity index (χ1n) is 9.43. The molecule has 140 valence electrons. The lowest BCUT2D eigenvalue weighted by atomic mass is 10.1. The minimum absolute atomic E-state index is 0.0972. The lowest BCUT2D eigenvalue weighted by Crippen LogP contribution is -2.45. The predicted molar refractivity (Wildman–Crippen MR) is 94.4 cm³/mol. The maximum Gasteiger partial charge on any atom is 0.275 e. The van der Waals surface area contributed by atoms with E-state index in [0.29, 0.717) is 18.8 Å². The first-order chi connectivity index (χ1) is 12.2. The summed E-state index contributed by atoms with van der Waals surface area (Å²) < 4.78 is 11.1. The third kappa shape index (κ3) is 5.03. The van der Waals surface area contributed by atoms with Gasteiger partial charge in [-0.3, -0.25) is 9.69 Å². The predicted octanol–water partition coefficient (Wildman–Crippen LogP) is 1.45. The summed E-state index contributed by atoms with van der Waals surface area (Å²) in [6.07, 6.45) is 3.45. The number of likely N-dealkylation sites (N-methyl/N-ethyl adjacent to an activating group) is 2. The number of piperazine rings is 1. The van der Waals surface area contributed by atoms with E-state index in [1.807, 2.05) is 0 Å². The lowest BCUT2D eigenvalue weighted by Gasteiger charge is -2.33. The van der Waals surface area contributed by atoms with Crippen LogP contribution in [0, 0.1) is 0 Å². The van der Waals surface area contributed by atoms with E-state index < -0.39 is 0 Å². The Kier molecular flexibility index (Phi) is 6.45. The van der Waals surface area contributed by atoms with Crippen molar-refractivity contribution in [3.63, 3.8) is 0 Å². The van der Waals surface area contributed by atoms with Gasteiger partial charge < -0.3 is 19.1 Å². The summed E-state index contributed by atoms with van der Waals surface area (Å²) in [5.74, 6) is 0.663. The average Bonchev–Trinajstić information content (AvgIpc) is 3.11. The largest absolute Gasteiger partial charge is 0.376 e. The first kappa shape index (κ1) is 18.4. The molecule has 0 unspecified atom stereocenters. The molecule has 3 rings (SSSR count). The second-order valence-electron chi connectivity index (χ2n) is 7.06. The molecule has 0 radical (unpaired) electrons. The number of aromatic nitrogens is 1. The van der Waals surface area contributed by atoms with Gasteiger partial charge in [-0.25, -0.2) is 0 Å². The van der Waals surface area contributed by atoms with E-state index in [4.69, 9.17) is 9.26 Å². The Labute approximate surface area is 149 Å². The van der Waals surface area contributed by atoms with Crippen molar-refractivity contribution in [2.24, 2.45) is 0 Å². The van der Waals surface area contributed by atoms with Crippen LogP contribution in [0.15, 0.2) is 10.6 Å².